The van der Waals surface area contributed by atoms with E-state index in [1.807, 2.05) is 0 Å². The lowest BCUT2D eigenvalue weighted by Crippen LogP contribution is -2.25. The van der Waals surface area contributed by atoms with E-state index in [0.717, 1.165) is 19.3 Å². The third-order valence-electron chi connectivity index (χ3n) is 2.58. The van der Waals surface area contributed by atoms with E-state index in [4.69, 9.17) is 15.6 Å². The molecule has 80 valence electrons. The molecule has 3 N–H and O–H groups in total. The zero-order valence-electron chi connectivity index (χ0n) is 8.27. The van der Waals surface area contributed by atoms with E-state index in [-0.39, 0.29) is 11.7 Å². The Morgan fingerprint density at radius 1 is 1.47 bits per heavy atom. The van der Waals surface area contributed by atoms with Crippen LogP contribution in [0.1, 0.15) is 29.6 Å². The van der Waals surface area contributed by atoms with Gasteiger partial charge in [-0.25, -0.2) is 4.79 Å². The summed E-state index contributed by atoms with van der Waals surface area (Å²) in [6.07, 6.45) is 3.29. The molecule has 1 fully saturated rings. The van der Waals surface area contributed by atoms with Crippen molar-refractivity contribution >= 4 is 11.7 Å². The summed E-state index contributed by atoms with van der Waals surface area (Å²) in [6.45, 7) is 0. The van der Waals surface area contributed by atoms with Crippen LogP contribution in [0.3, 0.4) is 0 Å². The largest absolute Gasteiger partial charge is 0.489 e. The van der Waals surface area contributed by atoms with Gasteiger partial charge in [-0.1, -0.05) is 0 Å². The molecular formula is C11H13NO3. The van der Waals surface area contributed by atoms with Gasteiger partial charge >= 0.3 is 5.97 Å². The monoisotopic (exact) mass is 207 g/mol. The van der Waals surface area contributed by atoms with E-state index in [1.54, 1.807) is 12.1 Å². The van der Waals surface area contributed by atoms with E-state index >= 15 is 0 Å². The van der Waals surface area contributed by atoms with E-state index < -0.39 is 5.97 Å². The van der Waals surface area contributed by atoms with E-state index in [9.17, 15) is 4.79 Å². The van der Waals surface area contributed by atoms with Crippen molar-refractivity contribution < 1.29 is 14.6 Å². The highest BCUT2D eigenvalue weighted by atomic mass is 16.5. The Labute approximate surface area is 87.7 Å². The Kier molecular flexibility index (Phi) is 2.49. The minimum absolute atomic E-state index is 0.157. The molecule has 0 heterocycles. The van der Waals surface area contributed by atoms with Crippen molar-refractivity contribution in [3.8, 4) is 5.75 Å². The third kappa shape index (κ3) is 2.03. The van der Waals surface area contributed by atoms with Crippen LogP contribution in [-0.2, 0) is 0 Å². The molecule has 1 aliphatic carbocycles. The van der Waals surface area contributed by atoms with Gasteiger partial charge in [-0.3, -0.25) is 0 Å². The Bertz CT molecular complexity index is 385. The lowest BCUT2D eigenvalue weighted by atomic mass is 9.96. The maximum Gasteiger partial charge on any atom is 0.339 e. The fraction of sp³-hybridized carbons (Fsp3) is 0.364. The first kappa shape index (κ1) is 9.83. The number of hydrogen-bond donors (Lipinski definition) is 2. The highest BCUT2D eigenvalue weighted by Gasteiger charge is 2.21. The standard InChI is InChI=1S/C11H13NO3/c12-7-4-5-9(11(13)14)10(6-7)15-8-2-1-3-8/h4-6,8H,1-3,12H2,(H,13,14). The van der Waals surface area contributed by atoms with Crippen molar-refractivity contribution in [2.75, 3.05) is 5.73 Å². The maximum atomic E-state index is 10.9. The summed E-state index contributed by atoms with van der Waals surface area (Å²) in [4.78, 5) is 10.9. The van der Waals surface area contributed by atoms with Crippen molar-refractivity contribution in [2.24, 2.45) is 0 Å². The van der Waals surface area contributed by atoms with Crippen molar-refractivity contribution in [1.82, 2.24) is 0 Å². The maximum absolute atomic E-state index is 10.9. The Morgan fingerprint density at radius 3 is 2.73 bits per heavy atom. The molecule has 0 aromatic heterocycles. The summed E-state index contributed by atoms with van der Waals surface area (Å²) in [5.41, 5.74) is 6.29. The van der Waals surface area contributed by atoms with Gasteiger partial charge in [0.05, 0.1) is 6.10 Å². The normalized spacial score (nSPS) is 15.7. The van der Waals surface area contributed by atoms with Crippen LogP contribution in [0.25, 0.3) is 0 Å². The predicted octanol–water partition coefficient (Wildman–Crippen LogP) is 1.90. The van der Waals surface area contributed by atoms with Crippen LogP contribution < -0.4 is 10.5 Å². The molecule has 1 aromatic rings. The van der Waals surface area contributed by atoms with Crippen molar-refractivity contribution in [3.05, 3.63) is 23.8 Å². The molecule has 1 aromatic carbocycles. The number of carboxylic acids is 1. The average Bonchev–Trinajstić information content (AvgIpc) is 2.11. The molecule has 0 saturated heterocycles. The number of nitrogens with two attached hydrogens (primary N) is 1. The number of carboxylic acid groups (broad SMARTS) is 1. The first-order valence-electron chi connectivity index (χ1n) is 4.96. The SMILES string of the molecule is Nc1ccc(C(=O)O)c(OC2CCC2)c1. The lowest BCUT2D eigenvalue weighted by Gasteiger charge is -2.27. The van der Waals surface area contributed by atoms with Gasteiger partial charge in [0.2, 0.25) is 0 Å². The zero-order chi connectivity index (χ0) is 10.8. The molecule has 1 aliphatic rings. The topological polar surface area (TPSA) is 72.6 Å². The van der Waals surface area contributed by atoms with Gasteiger partial charge in [-0.2, -0.15) is 0 Å². The van der Waals surface area contributed by atoms with Gasteiger partial charge in [0.1, 0.15) is 11.3 Å². The highest BCUT2D eigenvalue weighted by Crippen LogP contribution is 2.29. The number of nitrogen functional groups attached to an aromatic ring is 1. The predicted molar refractivity (Wildman–Crippen MR) is 56.1 cm³/mol. The van der Waals surface area contributed by atoms with E-state index in [0.29, 0.717) is 11.4 Å². The number of benzene rings is 1. The second-order valence-electron chi connectivity index (χ2n) is 3.73. The first-order valence-corrected chi connectivity index (χ1v) is 4.96. The molecule has 0 aliphatic heterocycles. The molecule has 4 nitrogen and oxygen atoms in total. The zero-order valence-corrected chi connectivity index (χ0v) is 8.27. The molecule has 0 radical (unpaired) electrons. The van der Waals surface area contributed by atoms with Crippen LogP contribution in [0.15, 0.2) is 18.2 Å². The minimum atomic E-state index is -0.982. The number of anilines is 1. The molecule has 0 unspecified atom stereocenters. The fourth-order valence-electron chi connectivity index (χ4n) is 1.48. The molecule has 0 bridgehead atoms. The minimum Gasteiger partial charge on any atom is -0.489 e. The van der Waals surface area contributed by atoms with Crippen LogP contribution in [0.4, 0.5) is 5.69 Å². The van der Waals surface area contributed by atoms with Gasteiger partial charge in [-0.15, -0.1) is 0 Å². The number of ether oxygens (including phenoxy) is 1. The molecule has 15 heavy (non-hydrogen) atoms. The summed E-state index contributed by atoms with van der Waals surface area (Å²) >= 11 is 0. The number of hydrogen-bond acceptors (Lipinski definition) is 3. The molecule has 2 rings (SSSR count). The molecule has 0 spiro atoms. The van der Waals surface area contributed by atoms with Crippen LogP contribution in [0.5, 0.6) is 5.75 Å². The lowest BCUT2D eigenvalue weighted by molar-refractivity contribution is 0.0680. The van der Waals surface area contributed by atoms with Gasteiger partial charge in [0.25, 0.3) is 0 Å². The second kappa shape index (κ2) is 3.81. The average molecular weight is 207 g/mol. The fourth-order valence-corrected chi connectivity index (χ4v) is 1.48. The van der Waals surface area contributed by atoms with Crippen LogP contribution in [0.2, 0.25) is 0 Å². The highest BCUT2D eigenvalue weighted by molar-refractivity contribution is 5.91. The van der Waals surface area contributed by atoms with Crippen LogP contribution >= 0.6 is 0 Å². The summed E-state index contributed by atoms with van der Waals surface area (Å²) in [7, 11) is 0. The van der Waals surface area contributed by atoms with Gasteiger partial charge in [-0.05, 0) is 31.4 Å². The second-order valence-corrected chi connectivity index (χ2v) is 3.73. The number of carbonyl (C=O) groups is 1. The van der Waals surface area contributed by atoms with Gasteiger partial charge < -0.3 is 15.6 Å². The molecule has 0 amide bonds. The summed E-state index contributed by atoms with van der Waals surface area (Å²) in [6, 6.07) is 4.62. The summed E-state index contributed by atoms with van der Waals surface area (Å²) < 4.78 is 5.56. The van der Waals surface area contributed by atoms with Gasteiger partial charge in [0, 0.05) is 11.8 Å². The Balaban J connectivity index is 2.24. The third-order valence-corrected chi connectivity index (χ3v) is 2.58. The first-order chi connectivity index (χ1) is 7.16. The van der Waals surface area contributed by atoms with Crippen LogP contribution in [-0.4, -0.2) is 17.2 Å². The smallest absolute Gasteiger partial charge is 0.339 e. The van der Waals surface area contributed by atoms with Gasteiger partial charge in [0.15, 0.2) is 0 Å². The number of aromatic carboxylic acids is 1. The number of rotatable bonds is 3. The summed E-state index contributed by atoms with van der Waals surface area (Å²) in [5, 5.41) is 8.94. The molecular weight excluding hydrogens is 194 g/mol. The van der Waals surface area contributed by atoms with Crippen molar-refractivity contribution in [3.63, 3.8) is 0 Å². The van der Waals surface area contributed by atoms with E-state index in [2.05, 4.69) is 0 Å². The van der Waals surface area contributed by atoms with Crippen LogP contribution in [0, 0.1) is 0 Å². The van der Waals surface area contributed by atoms with Crippen molar-refractivity contribution in [2.45, 2.75) is 25.4 Å². The van der Waals surface area contributed by atoms with E-state index in [1.165, 1.54) is 6.07 Å². The Morgan fingerprint density at radius 2 is 2.20 bits per heavy atom. The molecule has 4 heteroatoms. The van der Waals surface area contributed by atoms with Crippen molar-refractivity contribution in [1.29, 1.82) is 0 Å². The Hall–Kier alpha value is -1.71. The molecule has 1 saturated carbocycles. The molecule has 0 atom stereocenters. The quantitative estimate of drug-likeness (QED) is 0.742. The summed E-state index contributed by atoms with van der Waals surface area (Å²) in [5.74, 6) is -0.600.